The van der Waals surface area contributed by atoms with Gasteiger partial charge in [0.2, 0.25) is 0 Å². The molecule has 0 aliphatic rings. The van der Waals surface area contributed by atoms with Crippen LogP contribution in [0.4, 0.5) is 24.7 Å². The fourth-order valence-electron chi connectivity index (χ4n) is 2.43. The maximum atomic E-state index is 13.5. The van der Waals surface area contributed by atoms with Gasteiger partial charge in [-0.2, -0.15) is 18.2 Å². The van der Waals surface area contributed by atoms with Gasteiger partial charge in [-0.3, -0.25) is 0 Å². The van der Waals surface area contributed by atoms with Crippen molar-refractivity contribution in [3.8, 4) is 6.01 Å². The highest BCUT2D eigenvalue weighted by molar-refractivity contribution is 5.63. The van der Waals surface area contributed by atoms with Crippen molar-refractivity contribution in [3.05, 3.63) is 41.6 Å². The van der Waals surface area contributed by atoms with Crippen LogP contribution < -0.4 is 9.64 Å². The Morgan fingerprint density at radius 3 is 2.37 bits per heavy atom. The van der Waals surface area contributed by atoms with Crippen LogP contribution in [-0.4, -0.2) is 23.6 Å². The van der Waals surface area contributed by atoms with Gasteiger partial charge in [0.15, 0.2) is 5.82 Å². The van der Waals surface area contributed by atoms with E-state index in [4.69, 9.17) is 4.74 Å². The number of ether oxygens (including phenoxy) is 1. The zero-order valence-electron chi connectivity index (χ0n) is 16.6. The number of benzene rings is 1. The number of anilines is 2. The quantitative estimate of drug-likeness (QED) is 0.676. The van der Waals surface area contributed by atoms with Crippen LogP contribution in [0.1, 0.15) is 45.7 Å². The highest BCUT2D eigenvalue weighted by atomic mass is 19.4. The van der Waals surface area contributed by atoms with E-state index in [2.05, 4.69) is 30.7 Å². The monoisotopic (exact) mass is 381 g/mol. The van der Waals surface area contributed by atoms with E-state index in [1.165, 1.54) is 4.90 Å². The summed E-state index contributed by atoms with van der Waals surface area (Å²) in [5, 5.41) is 0. The second-order valence-electron chi connectivity index (χ2n) is 7.95. The number of nitrogens with zero attached hydrogens (tertiary/aromatic N) is 3. The van der Waals surface area contributed by atoms with Crippen LogP contribution in [0.25, 0.3) is 0 Å². The number of hydrogen-bond donors (Lipinski definition) is 0. The zero-order chi connectivity index (χ0) is 20.4. The molecule has 0 aliphatic heterocycles. The minimum absolute atomic E-state index is 0.0643. The molecule has 4 nitrogen and oxygen atoms in total. The molecule has 1 heterocycles. The molecule has 27 heavy (non-hydrogen) atoms. The molecule has 0 atom stereocenters. The normalized spacial score (nSPS) is 12.4. The molecule has 0 fully saturated rings. The third kappa shape index (κ3) is 5.34. The van der Waals surface area contributed by atoms with Gasteiger partial charge >= 0.3 is 12.2 Å². The first-order valence-electron chi connectivity index (χ1n) is 8.81. The molecular weight excluding hydrogens is 355 g/mol. The molecule has 0 saturated carbocycles. The van der Waals surface area contributed by atoms with Crippen molar-refractivity contribution in [1.29, 1.82) is 0 Å². The number of aromatic nitrogens is 2. The molecule has 7 heteroatoms. The summed E-state index contributed by atoms with van der Waals surface area (Å²) < 4.78 is 45.9. The van der Waals surface area contributed by atoms with Crippen molar-refractivity contribution in [2.45, 2.75) is 46.2 Å². The van der Waals surface area contributed by atoms with E-state index in [0.717, 1.165) is 11.8 Å². The maximum Gasteiger partial charge on any atom is 0.421 e. The Kier molecular flexibility index (Phi) is 6.02. The van der Waals surface area contributed by atoms with Gasteiger partial charge in [-0.1, -0.05) is 46.8 Å². The van der Waals surface area contributed by atoms with E-state index in [9.17, 15) is 13.2 Å². The first-order valence-corrected chi connectivity index (χ1v) is 8.81. The lowest BCUT2D eigenvalue weighted by Gasteiger charge is -2.25. The van der Waals surface area contributed by atoms with E-state index in [0.29, 0.717) is 12.3 Å². The van der Waals surface area contributed by atoms with Crippen LogP contribution in [0, 0.1) is 5.92 Å². The molecular formula is C20H26F3N3O. The maximum absolute atomic E-state index is 13.5. The Morgan fingerprint density at radius 2 is 1.81 bits per heavy atom. The van der Waals surface area contributed by atoms with Gasteiger partial charge in [0.25, 0.3) is 0 Å². The summed E-state index contributed by atoms with van der Waals surface area (Å²) in [6.45, 7) is 10.4. The summed E-state index contributed by atoms with van der Waals surface area (Å²) in [5.74, 6) is -0.0251. The van der Waals surface area contributed by atoms with Crippen molar-refractivity contribution in [2.75, 3.05) is 18.6 Å². The Morgan fingerprint density at radius 1 is 1.15 bits per heavy atom. The summed E-state index contributed by atoms with van der Waals surface area (Å²) >= 11 is 0. The Bertz CT molecular complexity index is 783. The summed E-state index contributed by atoms with van der Waals surface area (Å²) in [4.78, 5) is 9.20. The Balaban J connectivity index is 2.49. The third-order valence-electron chi connectivity index (χ3n) is 4.01. The molecule has 0 amide bonds. The van der Waals surface area contributed by atoms with E-state index >= 15 is 0 Å². The lowest BCUT2D eigenvalue weighted by Crippen LogP contribution is -2.20. The molecule has 1 aromatic carbocycles. The Labute approximate surface area is 158 Å². The van der Waals surface area contributed by atoms with Gasteiger partial charge in [0, 0.05) is 18.9 Å². The average molecular weight is 381 g/mol. The van der Waals surface area contributed by atoms with Crippen LogP contribution >= 0.6 is 0 Å². The van der Waals surface area contributed by atoms with Gasteiger partial charge in [0.05, 0.1) is 6.61 Å². The molecule has 0 spiro atoms. The molecule has 0 radical (unpaired) electrons. The van der Waals surface area contributed by atoms with Crippen LogP contribution in [0.2, 0.25) is 0 Å². The highest BCUT2D eigenvalue weighted by Crippen LogP contribution is 2.38. The van der Waals surface area contributed by atoms with Gasteiger partial charge in [-0.25, -0.2) is 4.98 Å². The van der Waals surface area contributed by atoms with Gasteiger partial charge in [-0.15, -0.1) is 0 Å². The standard InChI is InChI=1S/C20H26F3N3O/c1-13(2)12-27-18-24-11-16(20(21,22)23)17(25-18)26(6)15-9-7-8-14(10-15)19(3,4)5/h7-11,13H,12H2,1-6H3. The summed E-state index contributed by atoms with van der Waals surface area (Å²) in [7, 11) is 1.56. The number of rotatable bonds is 5. The fraction of sp³-hybridized carbons (Fsp3) is 0.500. The molecule has 2 aromatic rings. The molecule has 0 aliphatic carbocycles. The van der Waals surface area contributed by atoms with Crippen molar-refractivity contribution >= 4 is 11.5 Å². The molecule has 0 bridgehead atoms. The number of alkyl halides is 3. The smallest absolute Gasteiger partial charge is 0.421 e. The van der Waals surface area contributed by atoms with Crippen LogP contribution in [-0.2, 0) is 11.6 Å². The fourth-order valence-corrected chi connectivity index (χ4v) is 2.43. The molecule has 2 rings (SSSR count). The summed E-state index contributed by atoms with van der Waals surface area (Å²) in [5.41, 5.74) is 0.608. The van der Waals surface area contributed by atoms with Crippen molar-refractivity contribution < 1.29 is 17.9 Å². The van der Waals surface area contributed by atoms with Gasteiger partial charge in [-0.05, 0) is 29.0 Å². The third-order valence-corrected chi connectivity index (χ3v) is 4.01. The lowest BCUT2D eigenvalue weighted by atomic mass is 9.87. The minimum atomic E-state index is -4.57. The SMILES string of the molecule is CC(C)COc1ncc(C(F)(F)F)c(N(C)c2cccc(C(C)(C)C)c2)n1. The number of halogens is 3. The van der Waals surface area contributed by atoms with Crippen molar-refractivity contribution in [1.82, 2.24) is 9.97 Å². The second kappa shape index (κ2) is 7.74. The average Bonchev–Trinajstić information content (AvgIpc) is 2.57. The topological polar surface area (TPSA) is 38.2 Å². The molecule has 0 saturated heterocycles. The number of hydrogen-bond acceptors (Lipinski definition) is 4. The van der Waals surface area contributed by atoms with Crippen LogP contribution in [0.3, 0.4) is 0 Å². The molecule has 148 valence electrons. The van der Waals surface area contributed by atoms with Gasteiger partial charge in [0.1, 0.15) is 5.56 Å². The predicted octanol–water partition coefficient (Wildman–Crippen LogP) is 5.60. The molecule has 0 N–H and O–H groups in total. The minimum Gasteiger partial charge on any atom is -0.463 e. The molecule has 0 unspecified atom stereocenters. The highest BCUT2D eigenvalue weighted by Gasteiger charge is 2.37. The largest absolute Gasteiger partial charge is 0.463 e. The first kappa shape index (κ1) is 21.0. The first-order chi connectivity index (χ1) is 12.4. The van der Waals surface area contributed by atoms with Crippen molar-refractivity contribution in [3.63, 3.8) is 0 Å². The van der Waals surface area contributed by atoms with E-state index in [-0.39, 0.29) is 23.2 Å². The zero-order valence-corrected chi connectivity index (χ0v) is 16.6. The Hall–Kier alpha value is -2.31. The van der Waals surface area contributed by atoms with Crippen molar-refractivity contribution in [2.24, 2.45) is 5.92 Å². The summed E-state index contributed by atoms with van der Waals surface area (Å²) in [6.07, 6.45) is -3.79. The summed E-state index contributed by atoms with van der Waals surface area (Å²) in [6, 6.07) is 7.35. The van der Waals surface area contributed by atoms with Crippen LogP contribution in [0.15, 0.2) is 30.5 Å². The van der Waals surface area contributed by atoms with Gasteiger partial charge < -0.3 is 9.64 Å². The van der Waals surface area contributed by atoms with Crippen LogP contribution in [0.5, 0.6) is 6.01 Å². The van der Waals surface area contributed by atoms with E-state index < -0.39 is 11.7 Å². The lowest BCUT2D eigenvalue weighted by molar-refractivity contribution is -0.137. The molecule has 1 aromatic heterocycles. The second-order valence-corrected chi connectivity index (χ2v) is 7.95. The predicted molar refractivity (Wildman–Crippen MR) is 101 cm³/mol. The van der Waals surface area contributed by atoms with E-state index in [1.807, 2.05) is 32.0 Å². The van der Waals surface area contributed by atoms with E-state index in [1.54, 1.807) is 13.1 Å².